The quantitative estimate of drug-likeness (QED) is 0.739. The van der Waals surface area contributed by atoms with E-state index >= 15 is 0 Å². The van der Waals surface area contributed by atoms with Gasteiger partial charge in [0.15, 0.2) is 11.5 Å². The number of ether oxygens (including phenoxy) is 3. The smallest absolute Gasteiger partial charge is 0.170 e. The molecule has 2 heterocycles. The van der Waals surface area contributed by atoms with Crippen LogP contribution in [0.3, 0.4) is 0 Å². The zero-order valence-corrected chi connectivity index (χ0v) is 8.69. The van der Waals surface area contributed by atoms with Crippen LogP contribution in [0.1, 0.15) is 23.3 Å². The molecule has 0 spiro atoms. The average molecular weight is 204 g/mol. The lowest BCUT2D eigenvalue weighted by Gasteiger charge is -2.16. The molecule has 1 aromatic carbocycles. The molecule has 3 heteroatoms. The van der Waals surface area contributed by atoms with E-state index in [9.17, 15) is 0 Å². The van der Waals surface area contributed by atoms with Crippen molar-refractivity contribution in [1.29, 1.82) is 0 Å². The third-order valence-electron chi connectivity index (χ3n) is 2.99. The summed E-state index contributed by atoms with van der Waals surface area (Å²) < 4.78 is 16.5. The first kappa shape index (κ1) is 8.80. The summed E-state index contributed by atoms with van der Waals surface area (Å²) in [6.45, 7) is 0. The fourth-order valence-electron chi connectivity index (χ4n) is 2.35. The Bertz CT molecular complexity index is 397. The van der Waals surface area contributed by atoms with E-state index in [0.29, 0.717) is 0 Å². The van der Waals surface area contributed by atoms with Crippen molar-refractivity contribution in [2.24, 2.45) is 0 Å². The van der Waals surface area contributed by atoms with Crippen LogP contribution in [0.2, 0.25) is 0 Å². The summed E-state index contributed by atoms with van der Waals surface area (Å²) in [4.78, 5) is 0. The molecule has 3 nitrogen and oxygen atoms in total. The summed E-state index contributed by atoms with van der Waals surface area (Å²) in [5, 5.41) is 0. The summed E-state index contributed by atoms with van der Waals surface area (Å²) in [6, 6.07) is 8.18. The van der Waals surface area contributed by atoms with E-state index in [1.54, 1.807) is 14.2 Å². The van der Waals surface area contributed by atoms with Gasteiger partial charge in [0.2, 0.25) is 0 Å². The van der Waals surface area contributed by atoms with Crippen LogP contribution in [0, 0.1) is 0 Å². The summed E-state index contributed by atoms with van der Waals surface area (Å²) in [6.07, 6.45) is -0.155. The summed E-state index contributed by atoms with van der Waals surface area (Å²) in [7, 11) is 3.31. The fraction of sp³-hybridized carbons (Fsp3) is 0.333. The maximum absolute atomic E-state index is 5.83. The molecule has 0 aliphatic carbocycles. The SMILES string of the molecule is COC1=C(OC)C2OC1c1ccccc12. The van der Waals surface area contributed by atoms with Crippen LogP contribution in [0.25, 0.3) is 0 Å². The minimum Gasteiger partial charge on any atom is -0.494 e. The van der Waals surface area contributed by atoms with Crippen LogP contribution >= 0.6 is 0 Å². The van der Waals surface area contributed by atoms with Crippen molar-refractivity contribution < 1.29 is 14.2 Å². The Kier molecular flexibility index (Phi) is 1.76. The first-order chi connectivity index (χ1) is 7.36. The van der Waals surface area contributed by atoms with E-state index in [1.165, 1.54) is 11.1 Å². The van der Waals surface area contributed by atoms with Crippen molar-refractivity contribution >= 4 is 0 Å². The van der Waals surface area contributed by atoms with Crippen molar-refractivity contribution in [2.45, 2.75) is 12.2 Å². The molecular formula is C12H12O3. The van der Waals surface area contributed by atoms with Crippen LogP contribution in [-0.2, 0) is 14.2 Å². The molecule has 2 atom stereocenters. The van der Waals surface area contributed by atoms with Gasteiger partial charge < -0.3 is 14.2 Å². The zero-order valence-electron chi connectivity index (χ0n) is 8.69. The highest BCUT2D eigenvalue weighted by Gasteiger charge is 2.46. The number of fused-ring (bicyclic) bond motifs is 5. The molecule has 1 aromatic rings. The van der Waals surface area contributed by atoms with Gasteiger partial charge in [-0.2, -0.15) is 0 Å². The van der Waals surface area contributed by atoms with Crippen molar-refractivity contribution in [2.75, 3.05) is 14.2 Å². The third-order valence-corrected chi connectivity index (χ3v) is 2.99. The second-order valence-corrected chi connectivity index (χ2v) is 3.66. The molecule has 2 aliphatic heterocycles. The maximum Gasteiger partial charge on any atom is 0.170 e. The molecular weight excluding hydrogens is 192 g/mol. The van der Waals surface area contributed by atoms with Gasteiger partial charge >= 0.3 is 0 Å². The molecule has 2 aliphatic rings. The van der Waals surface area contributed by atoms with Crippen molar-refractivity contribution in [3.63, 3.8) is 0 Å². The van der Waals surface area contributed by atoms with Gasteiger partial charge in [-0.3, -0.25) is 0 Å². The van der Waals surface area contributed by atoms with Crippen molar-refractivity contribution in [1.82, 2.24) is 0 Å². The van der Waals surface area contributed by atoms with Gasteiger partial charge in [-0.15, -0.1) is 0 Å². The van der Waals surface area contributed by atoms with E-state index in [-0.39, 0.29) is 12.2 Å². The number of hydrogen-bond donors (Lipinski definition) is 0. The summed E-state index contributed by atoms with van der Waals surface area (Å²) >= 11 is 0. The normalized spacial score (nSPS) is 26.8. The predicted molar refractivity (Wildman–Crippen MR) is 54.1 cm³/mol. The Hall–Kier alpha value is -1.48. The molecule has 0 saturated heterocycles. The molecule has 0 amide bonds. The lowest BCUT2D eigenvalue weighted by atomic mass is 9.94. The maximum atomic E-state index is 5.83. The number of rotatable bonds is 2. The predicted octanol–water partition coefficient (Wildman–Crippen LogP) is 2.32. The molecule has 0 radical (unpaired) electrons. The Morgan fingerprint density at radius 2 is 1.40 bits per heavy atom. The van der Waals surface area contributed by atoms with Gasteiger partial charge in [0, 0.05) is 0 Å². The summed E-state index contributed by atoms with van der Waals surface area (Å²) in [5.41, 5.74) is 2.39. The molecule has 3 rings (SSSR count). The monoisotopic (exact) mass is 204 g/mol. The van der Waals surface area contributed by atoms with Crippen molar-refractivity contribution in [3.8, 4) is 0 Å². The van der Waals surface area contributed by atoms with E-state index in [0.717, 1.165) is 11.5 Å². The molecule has 2 bridgehead atoms. The Morgan fingerprint density at radius 1 is 0.933 bits per heavy atom. The minimum atomic E-state index is -0.0776. The molecule has 0 saturated carbocycles. The standard InChI is InChI=1S/C12H12O3/c1-13-11-9-7-5-3-4-6-8(7)10(15-9)12(11)14-2/h3-6,9-10H,1-2H3. The van der Waals surface area contributed by atoms with Gasteiger partial charge in [-0.25, -0.2) is 0 Å². The average Bonchev–Trinajstić information content (AvgIpc) is 2.84. The molecule has 0 aromatic heterocycles. The first-order valence-electron chi connectivity index (χ1n) is 4.93. The number of hydrogen-bond acceptors (Lipinski definition) is 3. The first-order valence-corrected chi connectivity index (χ1v) is 4.93. The van der Waals surface area contributed by atoms with Crippen molar-refractivity contribution in [3.05, 3.63) is 46.9 Å². The van der Waals surface area contributed by atoms with Crippen LogP contribution in [0.4, 0.5) is 0 Å². The lowest BCUT2D eigenvalue weighted by Crippen LogP contribution is -2.07. The molecule has 2 unspecified atom stereocenters. The highest BCUT2D eigenvalue weighted by Crippen LogP contribution is 2.53. The van der Waals surface area contributed by atoms with E-state index in [4.69, 9.17) is 14.2 Å². The third kappa shape index (κ3) is 0.984. The Labute approximate surface area is 88.3 Å². The largest absolute Gasteiger partial charge is 0.494 e. The Balaban J connectivity index is 2.14. The lowest BCUT2D eigenvalue weighted by molar-refractivity contribution is 0.0444. The van der Waals surface area contributed by atoms with E-state index in [2.05, 4.69) is 12.1 Å². The highest BCUT2D eigenvalue weighted by molar-refractivity contribution is 5.46. The van der Waals surface area contributed by atoms with Gasteiger partial charge in [0.05, 0.1) is 14.2 Å². The summed E-state index contributed by atoms with van der Waals surface area (Å²) in [5.74, 6) is 1.61. The number of benzene rings is 1. The molecule has 78 valence electrons. The second-order valence-electron chi connectivity index (χ2n) is 3.66. The zero-order chi connectivity index (χ0) is 10.4. The number of methoxy groups -OCH3 is 2. The minimum absolute atomic E-state index is 0.0776. The van der Waals surface area contributed by atoms with Crippen LogP contribution in [0.5, 0.6) is 0 Å². The van der Waals surface area contributed by atoms with Gasteiger partial charge in [0.1, 0.15) is 12.2 Å². The fourth-order valence-corrected chi connectivity index (χ4v) is 2.35. The molecule has 15 heavy (non-hydrogen) atoms. The van der Waals surface area contributed by atoms with Gasteiger partial charge in [0.25, 0.3) is 0 Å². The van der Waals surface area contributed by atoms with Crippen LogP contribution in [-0.4, -0.2) is 14.2 Å². The topological polar surface area (TPSA) is 27.7 Å². The van der Waals surface area contributed by atoms with Crippen LogP contribution < -0.4 is 0 Å². The Morgan fingerprint density at radius 3 is 1.80 bits per heavy atom. The van der Waals surface area contributed by atoms with E-state index < -0.39 is 0 Å². The van der Waals surface area contributed by atoms with Gasteiger partial charge in [-0.05, 0) is 11.1 Å². The van der Waals surface area contributed by atoms with E-state index in [1.807, 2.05) is 12.1 Å². The molecule has 0 N–H and O–H groups in total. The second kappa shape index (κ2) is 3.00. The van der Waals surface area contributed by atoms with Crippen LogP contribution in [0.15, 0.2) is 35.8 Å². The van der Waals surface area contributed by atoms with Gasteiger partial charge in [-0.1, -0.05) is 24.3 Å². The highest BCUT2D eigenvalue weighted by atomic mass is 16.6. The molecule has 0 fully saturated rings.